The number of para-hydroxylation sites is 1. The lowest BCUT2D eigenvalue weighted by molar-refractivity contribution is 0.0696. The van der Waals surface area contributed by atoms with Crippen molar-refractivity contribution in [3.8, 4) is 0 Å². The van der Waals surface area contributed by atoms with E-state index in [1.165, 1.54) is 0 Å². The Balaban J connectivity index is 2.01. The molecule has 0 amide bonds. The molecule has 154 valence electrons. The number of carboxylic acid groups (broad SMARTS) is 1. The van der Waals surface area contributed by atoms with Crippen LogP contribution in [0.4, 0.5) is 0 Å². The molecule has 4 heteroatoms. The van der Waals surface area contributed by atoms with Crippen molar-refractivity contribution >= 4 is 44.5 Å². The first-order chi connectivity index (χ1) is 14.3. The second kappa shape index (κ2) is 7.99. The van der Waals surface area contributed by atoms with E-state index in [0.29, 0.717) is 11.5 Å². The zero-order valence-electron chi connectivity index (χ0n) is 17.6. The predicted molar refractivity (Wildman–Crippen MR) is 127 cm³/mol. The largest absolute Gasteiger partial charge is 0.478 e. The van der Waals surface area contributed by atoms with Gasteiger partial charge in [-0.15, -0.1) is 0 Å². The van der Waals surface area contributed by atoms with E-state index in [2.05, 4.69) is 48.8 Å². The van der Waals surface area contributed by atoms with Crippen molar-refractivity contribution in [2.24, 2.45) is 11.3 Å². The van der Waals surface area contributed by atoms with Gasteiger partial charge in [-0.2, -0.15) is 0 Å². The van der Waals surface area contributed by atoms with E-state index in [0.717, 1.165) is 57.0 Å². The molecule has 0 unspecified atom stereocenters. The molecule has 1 heterocycles. The molecule has 1 aliphatic rings. The lowest BCUT2D eigenvalue weighted by Gasteiger charge is -2.38. The maximum absolute atomic E-state index is 12.4. The van der Waals surface area contributed by atoms with Crippen LogP contribution in [-0.2, 0) is 6.42 Å². The van der Waals surface area contributed by atoms with Gasteiger partial charge in [0, 0.05) is 9.86 Å². The Morgan fingerprint density at radius 2 is 1.87 bits per heavy atom. The number of nitrogens with zero attached hydrogens (tertiary/aromatic N) is 1. The van der Waals surface area contributed by atoms with Crippen molar-refractivity contribution < 1.29 is 9.90 Å². The van der Waals surface area contributed by atoms with Gasteiger partial charge in [-0.25, -0.2) is 9.78 Å². The van der Waals surface area contributed by atoms with Gasteiger partial charge in [-0.1, -0.05) is 79.5 Å². The summed E-state index contributed by atoms with van der Waals surface area (Å²) in [5, 5.41) is 10.9. The molecule has 3 nitrogen and oxygen atoms in total. The summed E-state index contributed by atoms with van der Waals surface area (Å²) in [7, 11) is 0. The Bertz CT molecular complexity index is 1160. The van der Waals surface area contributed by atoms with Gasteiger partial charge in [0.2, 0.25) is 0 Å². The van der Waals surface area contributed by atoms with E-state index >= 15 is 0 Å². The van der Waals surface area contributed by atoms with Crippen LogP contribution < -0.4 is 0 Å². The molecule has 30 heavy (non-hydrogen) atoms. The molecule has 2 aromatic carbocycles. The highest BCUT2D eigenvalue weighted by molar-refractivity contribution is 9.10. The summed E-state index contributed by atoms with van der Waals surface area (Å²) >= 11 is 3.65. The van der Waals surface area contributed by atoms with Gasteiger partial charge in [0.05, 0.1) is 16.8 Å². The van der Waals surface area contributed by atoms with E-state index in [9.17, 15) is 9.90 Å². The van der Waals surface area contributed by atoms with Gasteiger partial charge < -0.3 is 5.11 Å². The number of pyridine rings is 1. The Labute approximate surface area is 186 Å². The van der Waals surface area contributed by atoms with Crippen LogP contribution >= 0.6 is 15.9 Å². The molecule has 0 radical (unpaired) electrons. The monoisotopic (exact) mass is 463 g/mol. The number of halogens is 1. The molecule has 1 atom stereocenters. The first-order valence-corrected chi connectivity index (χ1v) is 11.2. The molecule has 0 saturated carbocycles. The van der Waals surface area contributed by atoms with Crippen LogP contribution in [0.5, 0.6) is 0 Å². The van der Waals surface area contributed by atoms with E-state index in [-0.39, 0.29) is 5.41 Å². The fourth-order valence-electron chi connectivity index (χ4n) is 4.39. The number of hydrogen-bond acceptors (Lipinski definition) is 2. The number of hydrogen-bond donors (Lipinski definition) is 1. The molecule has 4 rings (SSSR count). The van der Waals surface area contributed by atoms with Crippen molar-refractivity contribution in [1.82, 2.24) is 4.98 Å². The third-order valence-corrected chi connectivity index (χ3v) is 7.40. The molecule has 1 aromatic heterocycles. The van der Waals surface area contributed by atoms with Crippen LogP contribution in [0.3, 0.4) is 0 Å². The minimum absolute atomic E-state index is 0.103. The van der Waals surface area contributed by atoms with Crippen LogP contribution in [0.15, 0.2) is 53.0 Å². The minimum atomic E-state index is -0.875. The normalized spacial score (nSPS) is 17.9. The summed E-state index contributed by atoms with van der Waals surface area (Å²) in [6.07, 6.45) is 4.84. The summed E-state index contributed by atoms with van der Waals surface area (Å²) in [5.41, 5.74) is 5.15. The first kappa shape index (κ1) is 20.8. The smallest absolute Gasteiger partial charge is 0.336 e. The second-order valence-electron chi connectivity index (χ2n) is 8.77. The zero-order valence-corrected chi connectivity index (χ0v) is 19.2. The number of fused-ring (bicyclic) bond motifs is 2. The third kappa shape index (κ3) is 3.69. The number of aromatic nitrogens is 1. The second-order valence-corrected chi connectivity index (χ2v) is 9.63. The molecule has 0 aliphatic heterocycles. The fourth-order valence-corrected chi connectivity index (χ4v) is 4.79. The van der Waals surface area contributed by atoms with Crippen LogP contribution in [0.1, 0.15) is 60.8 Å². The Hall–Kier alpha value is -2.46. The van der Waals surface area contributed by atoms with Crippen molar-refractivity contribution in [1.29, 1.82) is 0 Å². The molecule has 0 saturated heterocycles. The number of carboxylic acids is 1. The van der Waals surface area contributed by atoms with Crippen molar-refractivity contribution in [3.05, 3.63) is 75.4 Å². The van der Waals surface area contributed by atoms with E-state index < -0.39 is 5.97 Å². The number of rotatable bonds is 4. The van der Waals surface area contributed by atoms with Gasteiger partial charge in [-0.3, -0.25) is 0 Å². The highest BCUT2D eigenvalue weighted by Gasteiger charge is 2.36. The summed E-state index contributed by atoms with van der Waals surface area (Å²) < 4.78 is 1.02. The maximum atomic E-state index is 12.4. The van der Waals surface area contributed by atoms with Crippen LogP contribution in [0.25, 0.3) is 22.6 Å². The molecule has 1 N–H and O–H groups in total. The van der Waals surface area contributed by atoms with Crippen molar-refractivity contribution in [2.75, 3.05) is 0 Å². The highest BCUT2D eigenvalue weighted by Crippen LogP contribution is 2.46. The predicted octanol–water partition coefficient (Wildman–Crippen LogP) is 7.23. The summed E-state index contributed by atoms with van der Waals surface area (Å²) in [5.74, 6) is -0.523. The standard InChI is InChI=1S/C26H26BrNO2/c1-4-26(2,3)18-14-17(13-16-9-5-7-11-21(16)27)24-20(15-18)23(25(29)30)19-10-6-8-12-22(19)28-24/h5-13,18H,4,14-15H2,1-3H3,(H,29,30)/b17-13-/t18-/m0/s1. The van der Waals surface area contributed by atoms with E-state index in [1.54, 1.807) is 0 Å². The average molecular weight is 464 g/mol. The van der Waals surface area contributed by atoms with Gasteiger partial charge in [0.25, 0.3) is 0 Å². The SMILES string of the molecule is CCC(C)(C)[C@H]1C/C(=C/c2ccccc2Br)c2nc3ccccc3c(C(=O)O)c2C1. The Kier molecular flexibility index (Phi) is 5.54. The van der Waals surface area contributed by atoms with Gasteiger partial charge in [-0.05, 0) is 59.1 Å². The molecule has 1 aliphatic carbocycles. The molecular formula is C26H26BrNO2. The Morgan fingerprint density at radius 3 is 2.57 bits per heavy atom. The van der Waals surface area contributed by atoms with Gasteiger partial charge in [0.1, 0.15) is 0 Å². The molecule has 0 bridgehead atoms. The highest BCUT2D eigenvalue weighted by atomic mass is 79.9. The van der Waals surface area contributed by atoms with Crippen LogP contribution in [0.2, 0.25) is 0 Å². The fraction of sp³-hybridized carbons (Fsp3) is 0.308. The number of carbonyl (C=O) groups is 1. The summed E-state index contributed by atoms with van der Waals surface area (Å²) in [4.78, 5) is 17.3. The first-order valence-electron chi connectivity index (χ1n) is 10.4. The van der Waals surface area contributed by atoms with Crippen LogP contribution in [0, 0.1) is 11.3 Å². The van der Waals surface area contributed by atoms with E-state index in [1.807, 2.05) is 42.5 Å². The lowest BCUT2D eigenvalue weighted by Crippen LogP contribution is -2.30. The minimum Gasteiger partial charge on any atom is -0.478 e. The molecular weight excluding hydrogens is 438 g/mol. The number of allylic oxidation sites excluding steroid dienone is 1. The van der Waals surface area contributed by atoms with Gasteiger partial charge >= 0.3 is 5.97 Å². The van der Waals surface area contributed by atoms with Crippen molar-refractivity contribution in [3.63, 3.8) is 0 Å². The number of aromatic carboxylic acids is 1. The Morgan fingerprint density at radius 1 is 1.17 bits per heavy atom. The third-order valence-electron chi connectivity index (χ3n) is 6.68. The summed E-state index contributed by atoms with van der Waals surface area (Å²) in [6, 6.07) is 15.7. The lowest BCUT2D eigenvalue weighted by atomic mass is 9.67. The van der Waals surface area contributed by atoms with E-state index in [4.69, 9.17) is 4.98 Å². The number of benzene rings is 2. The van der Waals surface area contributed by atoms with Gasteiger partial charge in [0.15, 0.2) is 0 Å². The molecule has 3 aromatic rings. The average Bonchev–Trinajstić information content (AvgIpc) is 2.73. The summed E-state index contributed by atoms with van der Waals surface area (Å²) in [6.45, 7) is 6.78. The van der Waals surface area contributed by atoms with Crippen molar-refractivity contribution in [2.45, 2.75) is 40.0 Å². The topological polar surface area (TPSA) is 50.2 Å². The van der Waals surface area contributed by atoms with Crippen LogP contribution in [-0.4, -0.2) is 16.1 Å². The zero-order chi connectivity index (χ0) is 21.5. The molecule has 0 spiro atoms. The quantitative estimate of drug-likeness (QED) is 0.443. The maximum Gasteiger partial charge on any atom is 0.336 e. The molecule has 0 fully saturated rings.